The van der Waals surface area contributed by atoms with E-state index >= 15 is 0 Å². The molecule has 2 bridgehead atoms. The second kappa shape index (κ2) is 12.6. The summed E-state index contributed by atoms with van der Waals surface area (Å²) in [7, 11) is 0. The highest BCUT2D eigenvalue weighted by Crippen LogP contribution is 2.49. The number of nitrogens with zero attached hydrogens (tertiary/aromatic N) is 3. The number of aromatic nitrogens is 3. The Morgan fingerprint density at radius 2 is 1.14 bits per heavy atom. The average molecular weight is 814 g/mol. The van der Waals surface area contributed by atoms with Crippen molar-refractivity contribution in [3.05, 3.63) is 210 Å². The van der Waals surface area contributed by atoms with Crippen molar-refractivity contribution in [1.82, 2.24) is 14.5 Å². The number of benzene rings is 10. The fourth-order valence-corrected chi connectivity index (χ4v) is 11.3. The summed E-state index contributed by atoms with van der Waals surface area (Å²) in [4.78, 5) is 11.6. The van der Waals surface area contributed by atoms with Gasteiger partial charge in [-0.1, -0.05) is 146 Å². The first-order valence-corrected chi connectivity index (χ1v) is 22.1. The molecule has 0 spiro atoms. The first-order chi connectivity index (χ1) is 31.7. The predicted molar refractivity (Wildman–Crippen MR) is 264 cm³/mol. The highest BCUT2D eigenvalue weighted by Gasteiger charge is 2.30. The summed E-state index contributed by atoms with van der Waals surface area (Å²) in [6, 6.07) is 68.8. The second-order valence-electron chi connectivity index (χ2n) is 17.6. The van der Waals surface area contributed by atoms with Gasteiger partial charge in [0.05, 0.1) is 33.5 Å². The van der Waals surface area contributed by atoms with Crippen molar-refractivity contribution in [3.8, 4) is 50.7 Å². The molecule has 0 unspecified atom stereocenters. The highest BCUT2D eigenvalue weighted by atomic mass is 16.3. The van der Waals surface area contributed by atoms with Crippen LogP contribution in [0.2, 0.25) is 0 Å². The Morgan fingerprint density at radius 3 is 2.05 bits per heavy atom. The number of hydrogen-bond donors (Lipinski definition) is 0. The number of hydrogen-bond acceptors (Lipinski definition) is 3. The van der Waals surface area contributed by atoms with E-state index in [1.807, 2.05) is 0 Å². The Labute approximate surface area is 367 Å². The fraction of sp³-hybridized carbons (Fsp3) is 0.0333. The molecule has 10 aromatic carbocycles. The van der Waals surface area contributed by atoms with Gasteiger partial charge < -0.3 is 8.98 Å². The highest BCUT2D eigenvalue weighted by molar-refractivity contribution is 6.22. The van der Waals surface area contributed by atoms with Crippen LogP contribution in [-0.2, 0) is 12.8 Å². The Kier molecular flexibility index (Phi) is 6.76. The molecule has 4 nitrogen and oxygen atoms in total. The minimum absolute atomic E-state index is 0.654. The smallest absolute Gasteiger partial charge is 0.161 e. The van der Waals surface area contributed by atoms with Crippen molar-refractivity contribution < 1.29 is 4.42 Å². The van der Waals surface area contributed by atoms with Crippen molar-refractivity contribution in [2.24, 2.45) is 0 Å². The van der Waals surface area contributed by atoms with Gasteiger partial charge in [-0.05, 0) is 104 Å². The van der Waals surface area contributed by atoms with E-state index in [1.165, 1.54) is 60.1 Å². The molecule has 1 aliphatic heterocycles. The minimum Gasteiger partial charge on any atom is -0.455 e. The molecule has 13 aromatic rings. The molecule has 2 aliphatic rings. The average Bonchev–Trinajstić information content (AvgIpc) is 4.02. The van der Waals surface area contributed by atoms with Crippen LogP contribution in [0.25, 0.3) is 127 Å². The van der Waals surface area contributed by atoms with Crippen LogP contribution in [0.5, 0.6) is 0 Å². The minimum atomic E-state index is 0.654. The molecule has 15 rings (SSSR count). The fourth-order valence-electron chi connectivity index (χ4n) is 11.3. The normalized spacial score (nSPS) is 12.9. The third-order valence-electron chi connectivity index (χ3n) is 14.1. The quantitative estimate of drug-likeness (QED) is 0.175. The van der Waals surface area contributed by atoms with Crippen LogP contribution in [0.4, 0.5) is 0 Å². The molecule has 0 fully saturated rings. The molecule has 3 aromatic heterocycles. The monoisotopic (exact) mass is 813 g/mol. The summed E-state index contributed by atoms with van der Waals surface area (Å²) in [6.07, 6.45) is 1.55. The molecule has 0 N–H and O–H groups in total. The zero-order valence-corrected chi connectivity index (χ0v) is 34.6. The first kappa shape index (κ1) is 34.3. The van der Waals surface area contributed by atoms with Gasteiger partial charge in [0.15, 0.2) is 5.82 Å². The van der Waals surface area contributed by atoms with Gasteiger partial charge in [-0.2, -0.15) is 0 Å². The maximum atomic E-state index is 7.00. The third-order valence-corrected chi connectivity index (χ3v) is 14.1. The van der Waals surface area contributed by atoms with Crippen LogP contribution in [-0.4, -0.2) is 14.5 Å². The Hall–Kier alpha value is -8.34. The number of rotatable bonds is 2. The molecule has 4 heterocycles. The van der Waals surface area contributed by atoms with Gasteiger partial charge in [0, 0.05) is 50.2 Å². The van der Waals surface area contributed by atoms with Crippen molar-refractivity contribution in [1.29, 1.82) is 0 Å². The van der Waals surface area contributed by atoms with Gasteiger partial charge in [-0.25, -0.2) is 9.97 Å². The molecule has 0 saturated carbocycles. The lowest BCUT2D eigenvalue weighted by Gasteiger charge is -2.20. The van der Waals surface area contributed by atoms with Gasteiger partial charge in [0.25, 0.3) is 0 Å². The van der Waals surface area contributed by atoms with E-state index in [2.05, 4.69) is 193 Å². The van der Waals surface area contributed by atoms with Gasteiger partial charge in [-0.15, -0.1) is 0 Å². The lowest BCUT2D eigenvalue weighted by molar-refractivity contribution is 0.672. The van der Waals surface area contributed by atoms with Crippen molar-refractivity contribution in [2.45, 2.75) is 12.8 Å². The third kappa shape index (κ3) is 4.71. The molecule has 64 heavy (non-hydrogen) atoms. The summed E-state index contributed by atoms with van der Waals surface area (Å²) in [5.41, 5.74) is 17.6. The van der Waals surface area contributed by atoms with Crippen molar-refractivity contribution in [3.63, 3.8) is 0 Å². The first-order valence-electron chi connectivity index (χ1n) is 22.1. The molecular formula is C60H35N3O. The Bertz CT molecular complexity index is 4210. The van der Waals surface area contributed by atoms with Gasteiger partial charge >= 0.3 is 0 Å². The Balaban J connectivity index is 1.13. The zero-order valence-electron chi connectivity index (χ0n) is 34.6. The lowest BCUT2D eigenvalue weighted by atomic mass is 9.91. The topological polar surface area (TPSA) is 43.9 Å². The van der Waals surface area contributed by atoms with Gasteiger partial charge in [0.2, 0.25) is 0 Å². The lowest BCUT2D eigenvalue weighted by Crippen LogP contribution is -2.06. The maximum absolute atomic E-state index is 7.00. The van der Waals surface area contributed by atoms with Crippen LogP contribution >= 0.6 is 0 Å². The van der Waals surface area contributed by atoms with Crippen LogP contribution in [0.3, 0.4) is 0 Å². The molecule has 4 heteroatoms. The molecule has 0 saturated heterocycles. The molecule has 0 atom stereocenters. The molecule has 0 amide bonds. The summed E-state index contributed by atoms with van der Waals surface area (Å²) in [6.45, 7) is 0. The van der Waals surface area contributed by atoms with Crippen LogP contribution in [0.1, 0.15) is 22.3 Å². The van der Waals surface area contributed by atoms with Crippen LogP contribution in [0.15, 0.2) is 192 Å². The van der Waals surface area contributed by atoms with Crippen molar-refractivity contribution >= 4 is 76.1 Å². The van der Waals surface area contributed by atoms with E-state index in [1.54, 1.807) is 0 Å². The van der Waals surface area contributed by atoms with E-state index in [4.69, 9.17) is 14.4 Å². The predicted octanol–water partition coefficient (Wildman–Crippen LogP) is 15.4. The summed E-state index contributed by atoms with van der Waals surface area (Å²) in [5.74, 6) is 0.726. The molecular weight excluding hydrogens is 779 g/mol. The van der Waals surface area contributed by atoms with Crippen LogP contribution in [0, 0.1) is 0 Å². The number of fused-ring (bicyclic) bond motifs is 19. The van der Waals surface area contributed by atoms with Gasteiger partial charge in [-0.3, -0.25) is 0 Å². The van der Waals surface area contributed by atoms with E-state index in [0.29, 0.717) is 6.42 Å². The SMILES string of the molecule is c1ccc2c(c1)Cc1cccc(-c3nc(-c4ccc5ccccc5c4)c4c(n3)-c3ccc5oc6c7ccccc7ccc6c5c3-n3c5cc(ccc5c5cc6ccccc6cc53)C4)c1-2. The molecule has 0 radical (unpaired) electrons. The summed E-state index contributed by atoms with van der Waals surface area (Å²) < 4.78 is 9.52. The largest absolute Gasteiger partial charge is 0.455 e. The van der Waals surface area contributed by atoms with E-state index in [0.717, 1.165) is 95.3 Å². The van der Waals surface area contributed by atoms with Crippen LogP contribution < -0.4 is 0 Å². The van der Waals surface area contributed by atoms with E-state index in [-0.39, 0.29) is 0 Å². The van der Waals surface area contributed by atoms with Crippen molar-refractivity contribution in [2.75, 3.05) is 0 Å². The standard InChI is InChI=1S/C60H35N3O/c1-2-12-37-30-42(22-21-35(37)10-1)56-50-28-34-20-24-45-49-32-38-13-3-4-14-39(38)33-52(49)63(51(45)29-34)58-48(26-27-53-55(58)46-25-23-36-11-5-8-18-44(36)59(46)64-53)57(50)62-60(61-56)47-19-9-16-41-31-40-15-6-7-17-43(40)54(41)47/h1-27,29-30,32-33H,28,31H2. The molecule has 1 aliphatic carbocycles. The molecule has 296 valence electrons. The van der Waals surface area contributed by atoms with E-state index in [9.17, 15) is 0 Å². The number of furan rings is 1. The van der Waals surface area contributed by atoms with Gasteiger partial charge in [0.1, 0.15) is 11.2 Å². The zero-order chi connectivity index (χ0) is 41.6. The van der Waals surface area contributed by atoms with E-state index < -0.39 is 0 Å². The maximum Gasteiger partial charge on any atom is 0.161 e. The second-order valence-corrected chi connectivity index (χ2v) is 17.6. The summed E-state index contributed by atoms with van der Waals surface area (Å²) in [5, 5.41) is 11.7. The summed E-state index contributed by atoms with van der Waals surface area (Å²) >= 11 is 0. The Morgan fingerprint density at radius 1 is 0.438 bits per heavy atom.